The second-order valence-corrected chi connectivity index (χ2v) is 7.10. The van der Waals surface area contributed by atoms with E-state index in [1.165, 1.54) is 10.8 Å². The molecule has 0 spiro atoms. The third-order valence-electron chi connectivity index (χ3n) is 5.14. The fraction of sp³-hybridized carbons (Fsp3) is 0.545. The van der Waals surface area contributed by atoms with Crippen LogP contribution >= 0.6 is 0 Å². The third-order valence-corrected chi connectivity index (χ3v) is 5.14. The van der Waals surface area contributed by atoms with Crippen LogP contribution in [0.3, 0.4) is 0 Å². The molecule has 0 aliphatic heterocycles. The lowest BCUT2D eigenvalue weighted by atomic mass is 9.80. The molecule has 0 radical (unpaired) electrons. The van der Waals surface area contributed by atoms with Crippen LogP contribution in [0.5, 0.6) is 0 Å². The van der Waals surface area contributed by atoms with Crippen LogP contribution in [-0.4, -0.2) is 10.7 Å². The average Bonchev–Trinajstić information content (AvgIpc) is 2.61. The topological polar surface area (TPSA) is 46.2 Å². The van der Waals surface area contributed by atoms with Crippen molar-refractivity contribution >= 4 is 10.8 Å². The smallest absolute Gasteiger partial charge is 0.0839 e. The number of hydrogen-bond donors (Lipinski definition) is 2. The molecule has 2 aromatic rings. The molecule has 0 aromatic heterocycles. The zero-order chi connectivity index (χ0) is 17.4. The highest BCUT2D eigenvalue weighted by molar-refractivity contribution is 5.83. The minimum absolute atomic E-state index is 0.323. The molecule has 2 rings (SSSR count). The number of aliphatic hydroxyl groups is 1. The van der Waals surface area contributed by atoms with Gasteiger partial charge in [0.05, 0.1) is 11.6 Å². The lowest BCUT2D eigenvalue weighted by Crippen LogP contribution is -2.41. The van der Waals surface area contributed by atoms with E-state index < -0.39 is 5.60 Å². The van der Waals surface area contributed by atoms with Crippen molar-refractivity contribution < 1.29 is 5.11 Å². The van der Waals surface area contributed by atoms with Crippen LogP contribution in [0, 0.1) is 0 Å². The first-order valence-electron chi connectivity index (χ1n) is 9.57. The predicted molar refractivity (Wildman–Crippen MR) is 104 cm³/mol. The van der Waals surface area contributed by atoms with E-state index in [-0.39, 0.29) is 6.04 Å². The first kappa shape index (κ1) is 19.0. The van der Waals surface area contributed by atoms with Gasteiger partial charge in [-0.05, 0) is 35.2 Å². The molecule has 0 saturated carbocycles. The predicted octanol–water partition coefficient (Wildman–Crippen LogP) is 5.73. The van der Waals surface area contributed by atoms with E-state index in [9.17, 15) is 5.11 Å². The Morgan fingerprint density at radius 3 is 2.04 bits per heavy atom. The summed E-state index contributed by atoms with van der Waals surface area (Å²) >= 11 is 0. The van der Waals surface area contributed by atoms with E-state index in [2.05, 4.69) is 44.2 Å². The molecule has 2 heteroatoms. The Hall–Kier alpha value is -1.38. The molecule has 0 aliphatic carbocycles. The van der Waals surface area contributed by atoms with E-state index >= 15 is 0 Å². The minimum atomic E-state index is -0.799. The zero-order valence-electron chi connectivity index (χ0n) is 15.3. The Balaban J connectivity index is 2.21. The quantitative estimate of drug-likeness (QED) is 0.547. The van der Waals surface area contributed by atoms with Crippen LogP contribution < -0.4 is 5.73 Å². The molecular formula is C22H33NO. The van der Waals surface area contributed by atoms with Gasteiger partial charge in [0.2, 0.25) is 0 Å². The Bertz CT molecular complexity index is 612. The maximum Gasteiger partial charge on any atom is 0.0839 e. The van der Waals surface area contributed by atoms with E-state index in [1.807, 2.05) is 12.1 Å². The monoisotopic (exact) mass is 327 g/mol. The van der Waals surface area contributed by atoms with Gasteiger partial charge in [-0.25, -0.2) is 0 Å². The summed E-state index contributed by atoms with van der Waals surface area (Å²) in [5, 5.41) is 13.7. The van der Waals surface area contributed by atoms with Crippen LogP contribution in [-0.2, 0) is 0 Å². The summed E-state index contributed by atoms with van der Waals surface area (Å²) in [6.07, 6.45) is 8.30. The summed E-state index contributed by atoms with van der Waals surface area (Å²) in [6, 6.07) is 14.3. The molecule has 1 atom stereocenters. The van der Waals surface area contributed by atoms with Crippen molar-refractivity contribution in [2.24, 2.45) is 5.73 Å². The average molecular weight is 328 g/mol. The van der Waals surface area contributed by atoms with Crippen molar-refractivity contribution in [3.63, 3.8) is 0 Å². The van der Waals surface area contributed by atoms with Gasteiger partial charge >= 0.3 is 0 Å². The molecule has 24 heavy (non-hydrogen) atoms. The summed E-state index contributed by atoms with van der Waals surface area (Å²) in [6.45, 7) is 4.39. The normalized spacial score (nSPS) is 13.3. The molecule has 1 unspecified atom stereocenters. The summed E-state index contributed by atoms with van der Waals surface area (Å²) < 4.78 is 0. The maximum atomic E-state index is 11.3. The molecular weight excluding hydrogens is 294 g/mol. The van der Waals surface area contributed by atoms with Gasteiger partial charge in [-0.15, -0.1) is 0 Å². The molecule has 0 amide bonds. The van der Waals surface area contributed by atoms with Gasteiger partial charge in [-0.2, -0.15) is 0 Å². The van der Waals surface area contributed by atoms with Crippen molar-refractivity contribution in [1.29, 1.82) is 0 Å². The van der Waals surface area contributed by atoms with Gasteiger partial charge in [-0.3, -0.25) is 0 Å². The largest absolute Gasteiger partial charge is 0.388 e. The highest BCUT2D eigenvalue weighted by Crippen LogP contribution is 2.34. The summed E-state index contributed by atoms with van der Waals surface area (Å²) in [5.74, 6) is 0. The fourth-order valence-corrected chi connectivity index (χ4v) is 3.51. The number of nitrogens with two attached hydrogens (primary N) is 1. The zero-order valence-corrected chi connectivity index (χ0v) is 15.3. The Morgan fingerprint density at radius 1 is 0.875 bits per heavy atom. The van der Waals surface area contributed by atoms with Crippen molar-refractivity contribution in [1.82, 2.24) is 0 Å². The number of rotatable bonds is 10. The maximum absolute atomic E-state index is 11.3. The first-order chi connectivity index (χ1) is 11.6. The fourth-order valence-electron chi connectivity index (χ4n) is 3.51. The summed E-state index contributed by atoms with van der Waals surface area (Å²) in [7, 11) is 0. The van der Waals surface area contributed by atoms with E-state index in [0.29, 0.717) is 0 Å². The molecule has 0 saturated heterocycles. The highest BCUT2D eigenvalue weighted by atomic mass is 16.3. The SMILES string of the molecule is CCCCCC(O)(CCCCC)C(N)c1ccc2ccccc2c1. The Labute approximate surface area is 147 Å². The molecule has 2 aromatic carbocycles. The van der Waals surface area contributed by atoms with Crippen molar-refractivity contribution in [3.8, 4) is 0 Å². The van der Waals surface area contributed by atoms with E-state index in [1.54, 1.807) is 0 Å². The summed E-state index contributed by atoms with van der Waals surface area (Å²) in [4.78, 5) is 0. The second kappa shape index (κ2) is 9.19. The van der Waals surface area contributed by atoms with E-state index in [4.69, 9.17) is 5.73 Å². The molecule has 2 nitrogen and oxygen atoms in total. The van der Waals surface area contributed by atoms with Crippen molar-refractivity contribution in [2.45, 2.75) is 76.9 Å². The van der Waals surface area contributed by atoms with E-state index in [0.717, 1.165) is 56.9 Å². The van der Waals surface area contributed by atoms with Crippen LogP contribution in [0.4, 0.5) is 0 Å². The lowest BCUT2D eigenvalue weighted by Gasteiger charge is -2.35. The molecule has 0 heterocycles. The number of hydrogen-bond acceptors (Lipinski definition) is 2. The molecule has 0 bridgehead atoms. The molecule has 0 aliphatic rings. The van der Waals surface area contributed by atoms with Gasteiger partial charge in [0.25, 0.3) is 0 Å². The van der Waals surface area contributed by atoms with Crippen molar-refractivity contribution in [3.05, 3.63) is 48.0 Å². The van der Waals surface area contributed by atoms with Crippen LogP contribution in [0.25, 0.3) is 10.8 Å². The lowest BCUT2D eigenvalue weighted by molar-refractivity contribution is -0.00757. The van der Waals surface area contributed by atoms with Crippen LogP contribution in [0.15, 0.2) is 42.5 Å². The van der Waals surface area contributed by atoms with Crippen molar-refractivity contribution in [2.75, 3.05) is 0 Å². The minimum Gasteiger partial charge on any atom is -0.388 e. The van der Waals surface area contributed by atoms with Gasteiger partial charge in [0.1, 0.15) is 0 Å². The van der Waals surface area contributed by atoms with Gasteiger partial charge in [0.15, 0.2) is 0 Å². The Kier molecular flexibility index (Phi) is 7.26. The molecule has 3 N–H and O–H groups in total. The number of benzene rings is 2. The first-order valence-corrected chi connectivity index (χ1v) is 9.57. The van der Waals surface area contributed by atoms with Gasteiger partial charge in [0, 0.05) is 0 Å². The number of unbranched alkanes of at least 4 members (excludes halogenated alkanes) is 4. The third kappa shape index (κ3) is 4.81. The van der Waals surface area contributed by atoms with Gasteiger partial charge < -0.3 is 10.8 Å². The number of fused-ring (bicyclic) bond motifs is 1. The highest BCUT2D eigenvalue weighted by Gasteiger charge is 2.34. The molecule has 132 valence electrons. The summed E-state index contributed by atoms with van der Waals surface area (Å²) in [5.41, 5.74) is 6.83. The van der Waals surface area contributed by atoms with Crippen LogP contribution in [0.2, 0.25) is 0 Å². The standard InChI is InChI=1S/C22H33NO/c1-3-5-9-15-22(24,16-10-6-4-2)21(23)20-14-13-18-11-7-8-12-19(18)17-20/h7-8,11-14,17,21,24H,3-6,9-10,15-16,23H2,1-2H3. The molecule has 0 fully saturated rings. The second-order valence-electron chi connectivity index (χ2n) is 7.10. The Morgan fingerprint density at radius 2 is 1.46 bits per heavy atom. The van der Waals surface area contributed by atoms with Gasteiger partial charge in [-0.1, -0.05) is 88.8 Å². The van der Waals surface area contributed by atoms with Crippen LogP contribution in [0.1, 0.15) is 76.8 Å².